The van der Waals surface area contributed by atoms with E-state index < -0.39 is 57.6 Å². The second-order valence-electron chi connectivity index (χ2n) is 10.1. The third kappa shape index (κ3) is 5.23. The van der Waals surface area contributed by atoms with Crippen molar-refractivity contribution >= 4 is 32.9 Å². The largest absolute Gasteiger partial charge is 0.454 e. The van der Waals surface area contributed by atoms with E-state index in [9.17, 15) is 27.6 Å². The minimum atomic E-state index is -4.56. The van der Waals surface area contributed by atoms with Crippen LogP contribution in [0.4, 0.5) is 4.79 Å². The Morgan fingerprint density at radius 1 is 1.15 bits per heavy atom. The molecule has 2 fully saturated rings. The number of rotatable bonds is 7. The number of carbonyl (C=O) groups is 4. The minimum absolute atomic E-state index is 0.00894. The number of aromatic nitrogens is 1. The van der Waals surface area contributed by atoms with Gasteiger partial charge >= 0.3 is 11.2 Å². The number of pyridine rings is 1. The molecule has 0 spiro atoms. The lowest BCUT2D eigenvalue weighted by Crippen LogP contribution is -2.53. The van der Waals surface area contributed by atoms with Crippen molar-refractivity contribution in [3.8, 4) is 17.2 Å². The molecule has 0 radical (unpaired) electrons. The second-order valence-corrected chi connectivity index (χ2v) is 11.9. The molecule has 3 atom stereocenters. The number of hydrogen-bond acceptors (Lipinski definition) is 10. The lowest BCUT2D eigenvalue weighted by atomic mass is 10.0. The molecule has 13 nitrogen and oxygen atoms in total. The highest BCUT2D eigenvalue weighted by Gasteiger charge is 2.55. The molecule has 2 saturated heterocycles. The molecule has 4 heterocycles. The molecular formula is C26H28N4O9S. The highest BCUT2D eigenvalue weighted by atomic mass is 32.2. The molecule has 3 unspecified atom stereocenters. The molecule has 40 heavy (non-hydrogen) atoms. The fourth-order valence-corrected chi connectivity index (χ4v) is 6.65. The number of nitrogens with zero attached hydrogens (tertiary/aromatic N) is 3. The van der Waals surface area contributed by atoms with E-state index in [1.807, 2.05) is 13.8 Å². The molecule has 0 saturated carbocycles. The molecule has 3 aliphatic heterocycles. The van der Waals surface area contributed by atoms with Crippen LogP contribution in [0.15, 0.2) is 42.6 Å². The molecule has 3 aliphatic rings. The third-order valence-electron chi connectivity index (χ3n) is 6.93. The number of benzene rings is 1. The molecular weight excluding hydrogens is 544 g/mol. The van der Waals surface area contributed by atoms with Gasteiger partial charge in [-0.1, -0.05) is 19.9 Å². The number of amides is 2. The van der Waals surface area contributed by atoms with Crippen molar-refractivity contribution in [1.29, 1.82) is 0 Å². The van der Waals surface area contributed by atoms with E-state index in [1.54, 1.807) is 12.1 Å². The van der Waals surface area contributed by atoms with E-state index in [4.69, 9.17) is 14.2 Å². The maximum absolute atomic E-state index is 13.6. The normalized spacial score (nSPS) is 20.9. The predicted molar refractivity (Wildman–Crippen MR) is 138 cm³/mol. The zero-order chi connectivity index (χ0) is 28.6. The van der Waals surface area contributed by atoms with Gasteiger partial charge in [0, 0.05) is 18.8 Å². The van der Waals surface area contributed by atoms with Gasteiger partial charge in [-0.25, -0.2) is 13.2 Å². The van der Waals surface area contributed by atoms with Crippen LogP contribution in [-0.4, -0.2) is 83.5 Å². The lowest BCUT2D eigenvalue weighted by molar-refractivity contribution is -0.138. The molecule has 0 bridgehead atoms. The topological polar surface area (TPSA) is 162 Å². The van der Waals surface area contributed by atoms with Gasteiger partial charge in [0.05, 0.1) is 12.6 Å². The van der Waals surface area contributed by atoms with Crippen LogP contribution in [0.5, 0.6) is 17.2 Å². The number of fused-ring (bicyclic) bond motifs is 2. The molecule has 0 aliphatic carbocycles. The fourth-order valence-electron chi connectivity index (χ4n) is 5.18. The number of ether oxygens (including phenoxy) is 3. The zero-order valence-corrected chi connectivity index (χ0v) is 22.6. The summed E-state index contributed by atoms with van der Waals surface area (Å²) in [5.74, 6) is 0.0765. The van der Waals surface area contributed by atoms with Crippen molar-refractivity contribution in [2.45, 2.75) is 44.8 Å². The van der Waals surface area contributed by atoms with Crippen molar-refractivity contribution < 1.29 is 41.8 Å². The average Bonchev–Trinajstić information content (AvgIpc) is 3.64. The van der Waals surface area contributed by atoms with Gasteiger partial charge in [0.2, 0.25) is 12.7 Å². The van der Waals surface area contributed by atoms with E-state index in [0.29, 0.717) is 11.5 Å². The summed E-state index contributed by atoms with van der Waals surface area (Å²) in [7, 11) is -4.56. The number of carbonyl (C=O) groups excluding carboxylic acids is 4. The summed E-state index contributed by atoms with van der Waals surface area (Å²) < 4.78 is 43.1. The highest BCUT2D eigenvalue weighted by molar-refractivity contribution is 8.04. The number of ketones is 1. The number of likely N-dealkylation sites (tertiary alicyclic amines) is 1. The van der Waals surface area contributed by atoms with Gasteiger partial charge in [0.15, 0.2) is 17.3 Å². The molecule has 2 aromatic rings. The first kappa shape index (κ1) is 27.5. The van der Waals surface area contributed by atoms with Gasteiger partial charge in [-0.15, -0.1) is 0 Å². The molecule has 14 heteroatoms. The summed E-state index contributed by atoms with van der Waals surface area (Å²) >= 11 is 0. The fraction of sp³-hybridized carbons (Fsp3) is 0.423. The monoisotopic (exact) mass is 572 g/mol. The van der Waals surface area contributed by atoms with Crippen molar-refractivity contribution in [3.05, 3.63) is 48.3 Å². The minimum Gasteiger partial charge on any atom is -0.454 e. The Bertz CT molecular complexity index is 1450. The smallest absolute Gasteiger partial charge is 0.413 e. The molecule has 5 rings (SSSR count). The van der Waals surface area contributed by atoms with Crippen LogP contribution in [-0.2, 0) is 19.6 Å². The van der Waals surface area contributed by atoms with Crippen LogP contribution in [0, 0.1) is 5.92 Å². The zero-order valence-electron chi connectivity index (χ0n) is 21.8. The summed E-state index contributed by atoms with van der Waals surface area (Å²) in [4.78, 5) is 57.3. The third-order valence-corrected chi connectivity index (χ3v) is 8.62. The first-order valence-electron chi connectivity index (χ1n) is 12.7. The number of Topliss-reactive ketones (excluding diaryl/α,β-unsaturated/α-hetero) is 1. The first-order chi connectivity index (χ1) is 19.1. The van der Waals surface area contributed by atoms with Crippen LogP contribution >= 0.6 is 0 Å². The van der Waals surface area contributed by atoms with Crippen molar-refractivity contribution in [2.24, 2.45) is 5.92 Å². The molecule has 2 amide bonds. The highest BCUT2D eigenvalue weighted by Crippen LogP contribution is 2.36. The summed E-state index contributed by atoms with van der Waals surface area (Å²) in [6.07, 6.45) is 0.830. The van der Waals surface area contributed by atoms with Gasteiger partial charge in [-0.3, -0.25) is 19.4 Å². The number of hydrogen-bond donors (Lipinski definition) is 1. The summed E-state index contributed by atoms with van der Waals surface area (Å²) in [6.45, 7) is 3.35. The average molecular weight is 573 g/mol. The maximum Gasteiger partial charge on any atom is 0.413 e. The Balaban J connectivity index is 1.30. The van der Waals surface area contributed by atoms with Crippen molar-refractivity contribution in [3.63, 3.8) is 0 Å². The van der Waals surface area contributed by atoms with Gasteiger partial charge in [-0.2, -0.15) is 4.31 Å². The van der Waals surface area contributed by atoms with Gasteiger partial charge in [0.25, 0.3) is 10.0 Å². The van der Waals surface area contributed by atoms with Crippen LogP contribution in [0.3, 0.4) is 0 Å². The maximum atomic E-state index is 13.6. The Morgan fingerprint density at radius 3 is 2.65 bits per heavy atom. The Hall–Kier alpha value is -4.04. The van der Waals surface area contributed by atoms with Crippen molar-refractivity contribution in [1.82, 2.24) is 19.5 Å². The van der Waals surface area contributed by atoms with Crippen LogP contribution in [0.2, 0.25) is 0 Å². The number of sulfonamides is 1. The molecule has 1 N–H and O–H groups in total. The van der Waals surface area contributed by atoms with E-state index >= 15 is 0 Å². The number of nitrogens with one attached hydrogen (secondary N) is 1. The van der Waals surface area contributed by atoms with Crippen molar-refractivity contribution in [2.75, 3.05) is 19.9 Å². The van der Waals surface area contributed by atoms with Gasteiger partial charge in [-0.05, 0) is 43.0 Å². The van der Waals surface area contributed by atoms with Crippen LogP contribution in [0.1, 0.15) is 37.2 Å². The standard InChI is InChI=1S/C26H28N4O9S/c1-15(2)11-18(28-26(34)39-16-6-7-21-22(12-16)38-14-37-21)24(32)29-10-8-19-23(29)20(31)13-30(19)40(35,36)25(33)17-5-3-4-9-27-17/h3-7,9,12,15,18-19,23H,8,10-11,13-14H2,1-2H3,(H,28,34). The first-order valence-corrected chi connectivity index (χ1v) is 14.2. The molecule has 1 aromatic heterocycles. The van der Waals surface area contributed by atoms with Gasteiger partial charge in [0.1, 0.15) is 23.5 Å². The second kappa shape index (κ2) is 10.8. The van der Waals surface area contributed by atoms with Crippen LogP contribution < -0.4 is 19.5 Å². The van der Waals surface area contributed by atoms with E-state index in [-0.39, 0.29) is 43.5 Å². The summed E-state index contributed by atoms with van der Waals surface area (Å²) in [6, 6.07) is 5.93. The van der Waals surface area contributed by atoms with E-state index in [2.05, 4.69) is 10.3 Å². The SMILES string of the molecule is CC(C)CC(NC(=O)Oc1ccc2c(c1)OCO2)C(=O)N1CCC2C1C(=O)CN2S(=O)(=O)C(=O)c1ccccn1. The Labute approximate surface area is 230 Å². The Kier molecular flexibility index (Phi) is 7.47. The van der Waals surface area contributed by atoms with E-state index in [0.717, 1.165) is 4.31 Å². The Morgan fingerprint density at radius 2 is 1.93 bits per heavy atom. The van der Waals surface area contributed by atoms with Gasteiger partial charge < -0.3 is 24.4 Å². The summed E-state index contributed by atoms with van der Waals surface area (Å²) in [5, 5.41) is 1.38. The molecule has 1 aromatic carbocycles. The quantitative estimate of drug-likeness (QED) is 0.512. The molecule has 212 valence electrons. The van der Waals surface area contributed by atoms with E-state index in [1.165, 1.54) is 35.4 Å². The van der Waals surface area contributed by atoms with Crippen LogP contribution in [0.25, 0.3) is 0 Å². The predicted octanol–water partition coefficient (Wildman–Crippen LogP) is 1.34. The lowest BCUT2D eigenvalue weighted by Gasteiger charge is -2.28. The summed E-state index contributed by atoms with van der Waals surface area (Å²) in [5.41, 5.74) is -0.258.